The van der Waals surface area contributed by atoms with Crippen LogP contribution in [0.5, 0.6) is 0 Å². The van der Waals surface area contributed by atoms with E-state index in [1.54, 1.807) is 18.2 Å². The first-order valence-electron chi connectivity index (χ1n) is 9.32. The predicted octanol–water partition coefficient (Wildman–Crippen LogP) is 3.07. The molecule has 1 aliphatic carbocycles. The molecule has 0 spiro atoms. The van der Waals surface area contributed by atoms with E-state index in [2.05, 4.69) is 12.2 Å². The Hall–Kier alpha value is -1.56. The molecule has 1 atom stereocenters. The molecule has 2 aliphatic rings. The number of amides is 1. The number of carbonyl (C=O) groups is 1. The van der Waals surface area contributed by atoms with E-state index in [9.17, 15) is 13.2 Å². The number of nitrogens with zero attached hydrogens (tertiary/aromatic N) is 1. The van der Waals surface area contributed by atoms with Gasteiger partial charge in [0.15, 0.2) is 9.84 Å². The van der Waals surface area contributed by atoms with E-state index >= 15 is 0 Å². The number of anilines is 1. The molecular weight excluding hydrogens is 336 g/mol. The van der Waals surface area contributed by atoms with Crippen LogP contribution in [0.3, 0.4) is 0 Å². The minimum absolute atomic E-state index is 0.0793. The molecule has 6 heteroatoms. The second kappa shape index (κ2) is 7.77. The quantitative estimate of drug-likeness (QED) is 0.872. The van der Waals surface area contributed by atoms with Gasteiger partial charge in [0.05, 0.1) is 16.7 Å². The largest absolute Gasteiger partial charge is 0.376 e. The topological polar surface area (TPSA) is 66.5 Å². The summed E-state index contributed by atoms with van der Waals surface area (Å²) in [6.07, 6.45) is 5.73. The van der Waals surface area contributed by atoms with Crippen molar-refractivity contribution in [2.24, 2.45) is 5.92 Å². The molecule has 138 valence electrons. The van der Waals surface area contributed by atoms with Crippen LogP contribution < -0.4 is 5.32 Å². The summed E-state index contributed by atoms with van der Waals surface area (Å²) in [5.74, 6) is 0.633. The lowest BCUT2D eigenvalue weighted by Gasteiger charge is -2.31. The lowest BCUT2D eigenvalue weighted by Crippen LogP contribution is -2.41. The molecule has 25 heavy (non-hydrogen) atoms. The van der Waals surface area contributed by atoms with Crippen molar-refractivity contribution < 1.29 is 13.2 Å². The van der Waals surface area contributed by atoms with E-state index in [4.69, 9.17) is 0 Å². The van der Waals surface area contributed by atoms with Gasteiger partial charge in [-0.3, -0.25) is 4.79 Å². The Bertz CT molecular complexity index is 711. The van der Waals surface area contributed by atoms with E-state index < -0.39 is 9.84 Å². The first kappa shape index (κ1) is 18.2. The second-order valence-electron chi connectivity index (χ2n) is 7.42. The van der Waals surface area contributed by atoms with Crippen molar-refractivity contribution in [3.63, 3.8) is 0 Å². The van der Waals surface area contributed by atoms with Crippen LogP contribution in [0.25, 0.3) is 0 Å². The van der Waals surface area contributed by atoms with Gasteiger partial charge in [-0.1, -0.05) is 25.8 Å². The van der Waals surface area contributed by atoms with Gasteiger partial charge in [-0.2, -0.15) is 0 Å². The van der Waals surface area contributed by atoms with Gasteiger partial charge in [0.2, 0.25) is 5.91 Å². The summed E-state index contributed by atoms with van der Waals surface area (Å²) in [5, 5.41) is 2.85. The lowest BCUT2D eigenvalue weighted by molar-refractivity contribution is -0.130. The smallest absolute Gasteiger partial charge is 0.241 e. The van der Waals surface area contributed by atoms with Gasteiger partial charge in [0.1, 0.15) is 0 Å². The average molecular weight is 365 g/mol. The normalized spacial score (nSPS) is 22.1. The highest BCUT2D eigenvalue weighted by Gasteiger charge is 2.30. The second-order valence-corrected chi connectivity index (χ2v) is 9.65. The standard InChI is InChI=1S/C19H28N2O3S/c1-15-6-5-11-21(14-15)19(22)13-20-16-7-4-10-18(12-16)25(23,24)17-8-2-3-9-17/h4,7,10,12,15,17,20H,2-3,5-6,8-9,11,13-14H2,1H3/t15-/m0/s1. The number of nitrogens with one attached hydrogen (secondary N) is 1. The maximum Gasteiger partial charge on any atom is 0.241 e. The zero-order valence-electron chi connectivity index (χ0n) is 14.9. The Labute approximate surface area is 150 Å². The van der Waals surface area contributed by atoms with Gasteiger partial charge in [0, 0.05) is 18.8 Å². The number of hydrogen-bond acceptors (Lipinski definition) is 4. The van der Waals surface area contributed by atoms with Crippen LogP contribution in [0, 0.1) is 5.92 Å². The third-order valence-corrected chi connectivity index (χ3v) is 7.62. The average Bonchev–Trinajstić information content (AvgIpc) is 3.15. The molecule has 0 radical (unpaired) electrons. The van der Waals surface area contributed by atoms with Crippen LogP contribution in [0.1, 0.15) is 45.4 Å². The number of sulfone groups is 1. The minimum atomic E-state index is -3.26. The molecule has 5 nitrogen and oxygen atoms in total. The molecule has 0 bridgehead atoms. The van der Waals surface area contributed by atoms with Crippen molar-refractivity contribution in [3.8, 4) is 0 Å². The first-order valence-corrected chi connectivity index (χ1v) is 10.9. The number of benzene rings is 1. The molecule has 0 aromatic heterocycles. The monoisotopic (exact) mass is 364 g/mol. The zero-order valence-corrected chi connectivity index (χ0v) is 15.7. The summed E-state index contributed by atoms with van der Waals surface area (Å²) in [7, 11) is -3.26. The Kier molecular flexibility index (Phi) is 5.67. The maximum absolute atomic E-state index is 12.7. The van der Waals surface area contributed by atoms with Crippen LogP contribution >= 0.6 is 0 Å². The Balaban J connectivity index is 1.63. The molecule has 1 heterocycles. The molecule has 1 aromatic carbocycles. The first-order chi connectivity index (χ1) is 12.0. The Morgan fingerprint density at radius 3 is 2.68 bits per heavy atom. The summed E-state index contributed by atoms with van der Waals surface area (Å²) in [6, 6.07) is 6.89. The van der Waals surface area contributed by atoms with E-state index in [1.807, 2.05) is 11.0 Å². The van der Waals surface area contributed by atoms with Crippen LogP contribution in [0.2, 0.25) is 0 Å². The highest BCUT2D eigenvalue weighted by molar-refractivity contribution is 7.92. The van der Waals surface area contributed by atoms with E-state index in [0.717, 1.165) is 45.2 Å². The van der Waals surface area contributed by atoms with Gasteiger partial charge >= 0.3 is 0 Å². The molecule has 0 unspecified atom stereocenters. The number of likely N-dealkylation sites (tertiary alicyclic amines) is 1. The minimum Gasteiger partial charge on any atom is -0.376 e. The molecule has 1 aliphatic heterocycles. The molecule has 1 saturated heterocycles. The highest BCUT2D eigenvalue weighted by Crippen LogP contribution is 2.30. The number of rotatable bonds is 5. The lowest BCUT2D eigenvalue weighted by atomic mass is 10.0. The number of piperidine rings is 1. The zero-order chi connectivity index (χ0) is 17.9. The molecule has 1 saturated carbocycles. The van der Waals surface area contributed by atoms with Crippen molar-refractivity contribution in [2.75, 3.05) is 25.0 Å². The van der Waals surface area contributed by atoms with Crippen molar-refractivity contribution in [2.45, 2.75) is 55.6 Å². The third-order valence-electron chi connectivity index (χ3n) is 5.36. The molecular formula is C19H28N2O3S. The summed E-state index contributed by atoms with van der Waals surface area (Å²) >= 11 is 0. The summed E-state index contributed by atoms with van der Waals surface area (Å²) < 4.78 is 25.4. The number of hydrogen-bond donors (Lipinski definition) is 1. The molecule has 1 N–H and O–H groups in total. The third kappa shape index (κ3) is 4.35. The summed E-state index contributed by atoms with van der Waals surface area (Å²) in [5.41, 5.74) is 0.692. The van der Waals surface area contributed by atoms with Gasteiger partial charge < -0.3 is 10.2 Å². The maximum atomic E-state index is 12.7. The van der Waals surface area contributed by atoms with Crippen molar-refractivity contribution in [3.05, 3.63) is 24.3 Å². The van der Waals surface area contributed by atoms with Gasteiger partial charge in [-0.15, -0.1) is 0 Å². The molecule has 1 aromatic rings. The molecule has 1 amide bonds. The fourth-order valence-electron chi connectivity index (χ4n) is 3.88. The number of carbonyl (C=O) groups excluding carboxylic acids is 1. The van der Waals surface area contributed by atoms with Crippen LogP contribution in [-0.2, 0) is 14.6 Å². The van der Waals surface area contributed by atoms with Gasteiger partial charge in [0.25, 0.3) is 0 Å². The van der Waals surface area contributed by atoms with Crippen molar-refractivity contribution in [1.82, 2.24) is 4.90 Å². The Morgan fingerprint density at radius 1 is 1.20 bits per heavy atom. The van der Waals surface area contributed by atoms with Crippen LogP contribution in [0.15, 0.2) is 29.2 Å². The summed E-state index contributed by atoms with van der Waals surface area (Å²) in [6.45, 7) is 4.02. The predicted molar refractivity (Wildman–Crippen MR) is 99.4 cm³/mol. The highest BCUT2D eigenvalue weighted by atomic mass is 32.2. The summed E-state index contributed by atoms with van der Waals surface area (Å²) in [4.78, 5) is 14.6. The van der Waals surface area contributed by atoms with E-state index in [-0.39, 0.29) is 17.7 Å². The Morgan fingerprint density at radius 2 is 1.96 bits per heavy atom. The van der Waals surface area contributed by atoms with E-state index in [1.165, 1.54) is 6.42 Å². The molecule has 2 fully saturated rings. The fraction of sp³-hybridized carbons (Fsp3) is 0.632. The van der Waals surface area contributed by atoms with Crippen molar-refractivity contribution in [1.29, 1.82) is 0 Å². The van der Waals surface area contributed by atoms with Crippen molar-refractivity contribution >= 4 is 21.4 Å². The van der Waals surface area contributed by atoms with Gasteiger partial charge in [-0.25, -0.2) is 8.42 Å². The molecule has 3 rings (SSSR count). The van der Waals surface area contributed by atoms with Gasteiger partial charge in [-0.05, 0) is 49.8 Å². The van der Waals surface area contributed by atoms with Crippen LogP contribution in [-0.4, -0.2) is 44.1 Å². The van der Waals surface area contributed by atoms with Crippen LogP contribution in [0.4, 0.5) is 5.69 Å². The van der Waals surface area contributed by atoms with E-state index in [0.29, 0.717) is 16.5 Å². The SMILES string of the molecule is C[C@H]1CCCN(C(=O)CNc2cccc(S(=O)(=O)C3CCCC3)c2)C1. The fourth-order valence-corrected chi connectivity index (χ4v) is 5.78.